The number of ether oxygens (including phenoxy) is 2. The normalized spacial score (nSPS) is 10.2. The number of thiocarbonyl (C=S) groups is 1. The Labute approximate surface area is 203 Å². The number of halogens is 2. The molecular formula is C21H23Br2N3O4S. The lowest BCUT2D eigenvalue weighted by Gasteiger charge is -2.13. The molecule has 166 valence electrons. The van der Waals surface area contributed by atoms with Crippen molar-refractivity contribution in [2.45, 2.75) is 26.7 Å². The fourth-order valence-electron chi connectivity index (χ4n) is 2.44. The van der Waals surface area contributed by atoms with Gasteiger partial charge in [-0.15, -0.1) is 0 Å². The van der Waals surface area contributed by atoms with Gasteiger partial charge < -0.3 is 9.47 Å². The maximum Gasteiger partial charge on any atom is 0.276 e. The fraction of sp³-hybridized carbons (Fsp3) is 0.286. The van der Waals surface area contributed by atoms with Crippen molar-refractivity contribution in [1.29, 1.82) is 0 Å². The maximum atomic E-state index is 12.4. The van der Waals surface area contributed by atoms with Crippen LogP contribution in [0.2, 0.25) is 0 Å². The summed E-state index contributed by atoms with van der Waals surface area (Å²) in [6.45, 7) is 4.30. The summed E-state index contributed by atoms with van der Waals surface area (Å²) in [5.41, 5.74) is 6.13. The third kappa shape index (κ3) is 8.47. The van der Waals surface area contributed by atoms with E-state index in [4.69, 9.17) is 21.7 Å². The van der Waals surface area contributed by atoms with Gasteiger partial charge in [-0.05, 0) is 77.4 Å². The number of unbranched alkanes of at least 4 members (excludes halogenated alkanes) is 1. The molecule has 3 N–H and O–H groups in total. The van der Waals surface area contributed by atoms with Gasteiger partial charge >= 0.3 is 0 Å². The van der Waals surface area contributed by atoms with Gasteiger partial charge in [0.1, 0.15) is 11.5 Å². The molecule has 31 heavy (non-hydrogen) atoms. The molecule has 0 unspecified atom stereocenters. The molecule has 0 bridgehead atoms. The Hall–Kier alpha value is -2.17. The average molecular weight is 573 g/mol. The summed E-state index contributed by atoms with van der Waals surface area (Å²) in [6.07, 6.45) is 1.96. The molecule has 0 saturated carbocycles. The van der Waals surface area contributed by atoms with Crippen molar-refractivity contribution in [2.75, 3.05) is 13.2 Å². The molecule has 10 heteroatoms. The van der Waals surface area contributed by atoms with Crippen LogP contribution in [0.4, 0.5) is 0 Å². The highest BCUT2D eigenvalue weighted by atomic mass is 79.9. The molecule has 2 aromatic carbocycles. The Morgan fingerprint density at radius 2 is 1.87 bits per heavy atom. The van der Waals surface area contributed by atoms with Crippen LogP contribution in [0.3, 0.4) is 0 Å². The molecule has 0 atom stereocenters. The van der Waals surface area contributed by atoms with Crippen molar-refractivity contribution >= 4 is 61.0 Å². The van der Waals surface area contributed by atoms with Crippen LogP contribution in [0.15, 0.2) is 45.3 Å². The van der Waals surface area contributed by atoms with E-state index in [1.165, 1.54) is 0 Å². The highest BCUT2D eigenvalue weighted by Gasteiger charge is 2.12. The summed E-state index contributed by atoms with van der Waals surface area (Å²) in [6, 6.07) is 10.5. The zero-order valence-electron chi connectivity index (χ0n) is 17.1. The molecule has 0 aromatic heterocycles. The topological polar surface area (TPSA) is 88.7 Å². The fourth-order valence-corrected chi connectivity index (χ4v) is 4.14. The molecule has 0 spiro atoms. The molecule has 0 aliphatic rings. The van der Waals surface area contributed by atoms with Crippen LogP contribution < -0.4 is 25.6 Å². The van der Waals surface area contributed by atoms with Crippen molar-refractivity contribution in [3.05, 3.63) is 56.5 Å². The van der Waals surface area contributed by atoms with E-state index in [2.05, 4.69) is 55.0 Å². The maximum absolute atomic E-state index is 12.4. The zero-order chi connectivity index (χ0) is 22.8. The molecule has 0 aliphatic carbocycles. The van der Waals surface area contributed by atoms with Gasteiger partial charge in [0.2, 0.25) is 0 Å². The van der Waals surface area contributed by atoms with Gasteiger partial charge in [0, 0.05) is 10.0 Å². The minimum absolute atomic E-state index is 0.0448. The number of carbonyl (C=O) groups is 2. The number of rotatable bonds is 8. The first-order valence-corrected chi connectivity index (χ1v) is 11.5. The summed E-state index contributed by atoms with van der Waals surface area (Å²) in [5.74, 6) is 0.297. The SMILES string of the molecule is CCCCOc1cccc(C(=O)NC(=S)NNC(=O)COc2c(C)cc(Br)cc2Br)c1. The van der Waals surface area contributed by atoms with E-state index in [9.17, 15) is 9.59 Å². The summed E-state index contributed by atoms with van der Waals surface area (Å²) in [4.78, 5) is 24.4. The minimum atomic E-state index is -0.461. The zero-order valence-corrected chi connectivity index (χ0v) is 21.1. The summed E-state index contributed by atoms with van der Waals surface area (Å²) < 4.78 is 12.8. The van der Waals surface area contributed by atoms with Crippen molar-refractivity contribution in [3.8, 4) is 11.5 Å². The van der Waals surface area contributed by atoms with Crippen LogP contribution in [0, 0.1) is 6.92 Å². The number of hydrazine groups is 1. The third-order valence-electron chi connectivity index (χ3n) is 3.95. The van der Waals surface area contributed by atoms with Crippen LogP contribution in [-0.4, -0.2) is 30.1 Å². The summed E-state index contributed by atoms with van der Waals surface area (Å²) in [7, 11) is 0. The number of amides is 2. The summed E-state index contributed by atoms with van der Waals surface area (Å²) in [5, 5.41) is 2.46. The number of hydrogen-bond acceptors (Lipinski definition) is 5. The average Bonchev–Trinajstić information content (AvgIpc) is 2.72. The molecule has 2 aromatic rings. The van der Waals surface area contributed by atoms with Crippen molar-refractivity contribution < 1.29 is 19.1 Å². The predicted molar refractivity (Wildman–Crippen MR) is 130 cm³/mol. The van der Waals surface area contributed by atoms with Crippen molar-refractivity contribution in [2.24, 2.45) is 0 Å². The van der Waals surface area contributed by atoms with Gasteiger partial charge in [-0.25, -0.2) is 0 Å². The Kier molecular flexibility index (Phi) is 10.2. The lowest BCUT2D eigenvalue weighted by molar-refractivity contribution is -0.123. The van der Waals surface area contributed by atoms with E-state index < -0.39 is 11.8 Å². The number of hydrogen-bond donors (Lipinski definition) is 3. The number of nitrogens with one attached hydrogen (secondary N) is 3. The first-order chi connectivity index (χ1) is 14.8. The van der Waals surface area contributed by atoms with Crippen molar-refractivity contribution in [3.63, 3.8) is 0 Å². The second-order valence-electron chi connectivity index (χ2n) is 6.51. The first kappa shape index (κ1) is 25.1. The van der Waals surface area contributed by atoms with Crippen LogP contribution in [0.1, 0.15) is 35.7 Å². The van der Waals surface area contributed by atoms with Crippen molar-refractivity contribution in [1.82, 2.24) is 16.2 Å². The van der Waals surface area contributed by atoms with Gasteiger partial charge in [-0.2, -0.15) is 0 Å². The highest BCUT2D eigenvalue weighted by Crippen LogP contribution is 2.32. The van der Waals surface area contributed by atoms with Gasteiger partial charge in [-0.3, -0.25) is 25.8 Å². The molecule has 0 aliphatic heterocycles. The van der Waals surface area contributed by atoms with E-state index in [1.807, 2.05) is 19.1 Å². The Balaban J connectivity index is 1.79. The van der Waals surface area contributed by atoms with Crippen LogP contribution in [0.25, 0.3) is 0 Å². The van der Waals surface area contributed by atoms with E-state index in [0.717, 1.165) is 27.4 Å². The molecule has 0 fully saturated rings. The van der Waals surface area contributed by atoms with Crippen LogP contribution >= 0.6 is 44.1 Å². The van der Waals surface area contributed by atoms with E-state index >= 15 is 0 Å². The van der Waals surface area contributed by atoms with E-state index in [-0.39, 0.29) is 11.7 Å². The highest BCUT2D eigenvalue weighted by molar-refractivity contribution is 9.11. The standard InChI is InChI=1S/C21H23Br2N3O4S/c1-3-4-8-29-16-7-5-6-14(10-16)20(28)24-21(31)26-25-18(27)12-30-19-13(2)9-15(22)11-17(19)23/h5-7,9-11H,3-4,8,12H2,1-2H3,(H,25,27)(H2,24,26,28,31). The molecular weight excluding hydrogens is 550 g/mol. The van der Waals surface area contributed by atoms with Gasteiger partial charge in [0.15, 0.2) is 11.7 Å². The molecule has 2 rings (SSSR count). The van der Waals surface area contributed by atoms with Gasteiger partial charge in [0.05, 0.1) is 11.1 Å². The van der Waals surface area contributed by atoms with E-state index in [0.29, 0.717) is 23.7 Å². The van der Waals surface area contributed by atoms with E-state index in [1.54, 1.807) is 24.3 Å². The lowest BCUT2D eigenvalue weighted by Crippen LogP contribution is -2.49. The second-order valence-corrected chi connectivity index (χ2v) is 8.69. The lowest BCUT2D eigenvalue weighted by atomic mass is 10.2. The minimum Gasteiger partial charge on any atom is -0.494 e. The number of aryl methyl sites for hydroxylation is 1. The molecule has 2 amide bonds. The predicted octanol–water partition coefficient (Wildman–Crippen LogP) is 4.41. The van der Waals surface area contributed by atoms with Crippen LogP contribution in [-0.2, 0) is 4.79 Å². The van der Waals surface area contributed by atoms with Gasteiger partial charge in [-0.1, -0.05) is 35.3 Å². The largest absolute Gasteiger partial charge is 0.494 e. The Morgan fingerprint density at radius 1 is 1.10 bits per heavy atom. The summed E-state index contributed by atoms with van der Waals surface area (Å²) >= 11 is 11.9. The third-order valence-corrected chi connectivity index (χ3v) is 5.20. The smallest absolute Gasteiger partial charge is 0.276 e. The Bertz CT molecular complexity index is 933. The quantitative estimate of drug-likeness (QED) is 0.247. The van der Waals surface area contributed by atoms with Crippen LogP contribution in [0.5, 0.6) is 11.5 Å². The molecule has 0 radical (unpaired) electrons. The second kappa shape index (κ2) is 12.6. The Morgan fingerprint density at radius 3 is 2.58 bits per heavy atom. The number of carbonyl (C=O) groups excluding carboxylic acids is 2. The molecule has 0 saturated heterocycles. The van der Waals surface area contributed by atoms with Gasteiger partial charge in [0.25, 0.3) is 11.8 Å². The first-order valence-electron chi connectivity index (χ1n) is 9.51. The molecule has 0 heterocycles. The number of benzene rings is 2. The molecule has 7 nitrogen and oxygen atoms in total. The monoisotopic (exact) mass is 571 g/mol.